The molecule has 0 heterocycles. The maximum Gasteiger partial charge on any atom is 0.221 e. The second kappa shape index (κ2) is 8.04. The van der Waals surface area contributed by atoms with Crippen LogP contribution in [0.3, 0.4) is 0 Å². The van der Waals surface area contributed by atoms with Gasteiger partial charge in [-0.05, 0) is 42.3 Å². The van der Waals surface area contributed by atoms with E-state index in [1.54, 1.807) is 6.26 Å². The normalized spacial score (nSPS) is 13.3. The van der Waals surface area contributed by atoms with Gasteiger partial charge in [0.2, 0.25) is 5.91 Å². The zero-order chi connectivity index (χ0) is 16.8. The molecule has 0 radical (unpaired) electrons. The molecule has 1 amide bonds. The van der Waals surface area contributed by atoms with Crippen LogP contribution in [0.25, 0.3) is 0 Å². The molecule has 0 saturated carbocycles. The number of carbonyl (C=O) groups excluding carboxylic acids is 1. The van der Waals surface area contributed by atoms with Crippen molar-refractivity contribution in [3.63, 3.8) is 0 Å². The van der Waals surface area contributed by atoms with Crippen LogP contribution in [0.1, 0.15) is 31.0 Å². The molecular weight excluding hydrogens is 308 g/mol. The summed E-state index contributed by atoms with van der Waals surface area (Å²) >= 11 is 0. The SMILES string of the molecule is CC(=O)Nc1cccc(C(C)NCc2ccc(S(C)=O)cc2)c1. The lowest BCUT2D eigenvalue weighted by Gasteiger charge is -2.15. The average molecular weight is 330 g/mol. The van der Waals surface area contributed by atoms with Crippen LogP contribution in [0.5, 0.6) is 0 Å². The summed E-state index contributed by atoms with van der Waals surface area (Å²) in [6.45, 7) is 4.31. The summed E-state index contributed by atoms with van der Waals surface area (Å²) in [4.78, 5) is 12.0. The number of nitrogens with one attached hydrogen (secondary N) is 2. The zero-order valence-corrected chi connectivity index (χ0v) is 14.4. The van der Waals surface area contributed by atoms with Gasteiger partial charge in [-0.2, -0.15) is 0 Å². The van der Waals surface area contributed by atoms with Crippen molar-refractivity contribution in [1.82, 2.24) is 5.32 Å². The van der Waals surface area contributed by atoms with Gasteiger partial charge in [-0.1, -0.05) is 24.3 Å². The molecule has 2 unspecified atom stereocenters. The Morgan fingerprint density at radius 2 is 1.87 bits per heavy atom. The molecule has 0 fully saturated rings. The Hall–Kier alpha value is -1.98. The predicted octanol–water partition coefficient (Wildman–Crippen LogP) is 3.23. The van der Waals surface area contributed by atoms with Crippen molar-refractivity contribution in [2.24, 2.45) is 0 Å². The van der Waals surface area contributed by atoms with Crippen molar-refractivity contribution in [2.75, 3.05) is 11.6 Å². The molecule has 0 bridgehead atoms. The third-order valence-corrected chi connectivity index (χ3v) is 4.51. The van der Waals surface area contributed by atoms with E-state index in [2.05, 4.69) is 17.6 Å². The summed E-state index contributed by atoms with van der Waals surface area (Å²) in [7, 11) is -0.942. The van der Waals surface area contributed by atoms with Gasteiger partial charge >= 0.3 is 0 Å². The van der Waals surface area contributed by atoms with Gasteiger partial charge in [0.05, 0.1) is 0 Å². The molecule has 4 nitrogen and oxygen atoms in total. The number of hydrogen-bond acceptors (Lipinski definition) is 3. The minimum atomic E-state index is -0.942. The van der Waals surface area contributed by atoms with Gasteiger partial charge in [0.15, 0.2) is 0 Å². The van der Waals surface area contributed by atoms with Crippen LogP contribution in [0, 0.1) is 0 Å². The standard InChI is InChI=1S/C18H22N2O2S/c1-13(16-5-4-6-17(11-16)20-14(2)21)19-12-15-7-9-18(10-8-15)23(3)22/h4-11,13,19H,12H2,1-3H3,(H,20,21). The first-order chi connectivity index (χ1) is 11.0. The lowest BCUT2D eigenvalue weighted by Crippen LogP contribution is -2.18. The van der Waals surface area contributed by atoms with Crippen LogP contribution in [0.2, 0.25) is 0 Å². The summed E-state index contributed by atoms with van der Waals surface area (Å²) in [5.41, 5.74) is 3.06. The van der Waals surface area contributed by atoms with Gasteiger partial charge in [0.25, 0.3) is 0 Å². The van der Waals surface area contributed by atoms with E-state index < -0.39 is 10.8 Å². The van der Waals surface area contributed by atoms with Crippen LogP contribution >= 0.6 is 0 Å². The Morgan fingerprint density at radius 3 is 2.48 bits per heavy atom. The molecule has 5 heteroatoms. The Kier molecular flexibility index (Phi) is 6.07. The van der Waals surface area contributed by atoms with Gasteiger partial charge in [-0.25, -0.2) is 0 Å². The second-order valence-electron chi connectivity index (χ2n) is 5.51. The first-order valence-corrected chi connectivity index (χ1v) is 9.05. The smallest absolute Gasteiger partial charge is 0.221 e. The number of anilines is 1. The van der Waals surface area contributed by atoms with Crippen LogP contribution < -0.4 is 10.6 Å². The van der Waals surface area contributed by atoms with Gasteiger partial charge < -0.3 is 10.6 Å². The van der Waals surface area contributed by atoms with E-state index >= 15 is 0 Å². The Labute approximate surface area is 139 Å². The third kappa shape index (κ3) is 5.30. The van der Waals surface area contributed by atoms with E-state index in [-0.39, 0.29) is 11.9 Å². The molecule has 0 aliphatic carbocycles. The topological polar surface area (TPSA) is 58.2 Å². The number of rotatable bonds is 6. The molecule has 0 aliphatic heterocycles. The van der Waals surface area contributed by atoms with E-state index in [0.717, 1.165) is 28.3 Å². The predicted molar refractivity (Wildman–Crippen MR) is 94.8 cm³/mol. The second-order valence-corrected chi connectivity index (χ2v) is 6.89. The van der Waals surface area contributed by atoms with Gasteiger partial charge in [-0.3, -0.25) is 9.00 Å². The quantitative estimate of drug-likeness (QED) is 0.855. The number of carbonyl (C=O) groups is 1. The fraction of sp³-hybridized carbons (Fsp3) is 0.278. The van der Waals surface area contributed by atoms with E-state index in [1.807, 2.05) is 48.5 Å². The van der Waals surface area contributed by atoms with E-state index in [0.29, 0.717) is 0 Å². The molecule has 2 N–H and O–H groups in total. The molecule has 0 aromatic heterocycles. The van der Waals surface area contributed by atoms with Crippen molar-refractivity contribution in [1.29, 1.82) is 0 Å². The molecule has 122 valence electrons. The third-order valence-electron chi connectivity index (χ3n) is 3.57. The molecular formula is C18H22N2O2S. The van der Waals surface area contributed by atoms with Crippen molar-refractivity contribution >= 4 is 22.4 Å². The summed E-state index contributed by atoms with van der Waals surface area (Å²) < 4.78 is 11.4. The van der Waals surface area contributed by atoms with Crippen molar-refractivity contribution in [2.45, 2.75) is 31.3 Å². The minimum absolute atomic E-state index is 0.0730. The first kappa shape index (κ1) is 17.4. The molecule has 2 rings (SSSR count). The molecule has 2 aromatic rings. The Morgan fingerprint density at radius 1 is 1.17 bits per heavy atom. The van der Waals surface area contributed by atoms with Crippen molar-refractivity contribution in [3.8, 4) is 0 Å². The highest BCUT2D eigenvalue weighted by Crippen LogP contribution is 2.18. The van der Waals surface area contributed by atoms with E-state index in [4.69, 9.17) is 0 Å². The van der Waals surface area contributed by atoms with Crippen molar-refractivity contribution in [3.05, 3.63) is 59.7 Å². The summed E-state index contributed by atoms with van der Waals surface area (Å²) in [6, 6.07) is 15.8. The van der Waals surface area contributed by atoms with Crippen LogP contribution in [-0.2, 0) is 22.1 Å². The first-order valence-electron chi connectivity index (χ1n) is 7.49. The number of amides is 1. The summed E-state index contributed by atoms with van der Waals surface area (Å²) in [6.07, 6.45) is 1.68. The fourth-order valence-corrected chi connectivity index (χ4v) is 2.80. The largest absolute Gasteiger partial charge is 0.326 e. The minimum Gasteiger partial charge on any atom is -0.326 e. The fourth-order valence-electron chi connectivity index (χ4n) is 2.28. The highest BCUT2D eigenvalue weighted by atomic mass is 32.2. The molecule has 23 heavy (non-hydrogen) atoms. The maximum absolute atomic E-state index is 11.4. The van der Waals surface area contributed by atoms with E-state index in [1.165, 1.54) is 6.92 Å². The van der Waals surface area contributed by atoms with Crippen LogP contribution in [0.15, 0.2) is 53.4 Å². The van der Waals surface area contributed by atoms with E-state index in [9.17, 15) is 9.00 Å². The lowest BCUT2D eigenvalue weighted by molar-refractivity contribution is -0.114. The van der Waals surface area contributed by atoms with Crippen LogP contribution in [-0.4, -0.2) is 16.4 Å². The highest BCUT2D eigenvalue weighted by molar-refractivity contribution is 7.84. The molecule has 2 aromatic carbocycles. The Bertz CT molecular complexity index is 698. The number of benzene rings is 2. The highest BCUT2D eigenvalue weighted by Gasteiger charge is 2.06. The van der Waals surface area contributed by atoms with Gasteiger partial charge in [0, 0.05) is 47.1 Å². The van der Waals surface area contributed by atoms with Crippen molar-refractivity contribution < 1.29 is 9.00 Å². The molecule has 0 spiro atoms. The molecule has 0 saturated heterocycles. The Balaban J connectivity index is 1.97. The van der Waals surface area contributed by atoms with Gasteiger partial charge in [-0.15, -0.1) is 0 Å². The monoisotopic (exact) mass is 330 g/mol. The average Bonchev–Trinajstić information content (AvgIpc) is 2.52. The number of hydrogen-bond donors (Lipinski definition) is 2. The van der Waals surface area contributed by atoms with Gasteiger partial charge in [0.1, 0.15) is 0 Å². The van der Waals surface area contributed by atoms with Crippen LogP contribution in [0.4, 0.5) is 5.69 Å². The summed E-state index contributed by atoms with van der Waals surface area (Å²) in [5, 5.41) is 6.25. The lowest BCUT2D eigenvalue weighted by atomic mass is 10.1. The summed E-state index contributed by atoms with van der Waals surface area (Å²) in [5.74, 6) is -0.0730. The zero-order valence-electron chi connectivity index (χ0n) is 13.6. The maximum atomic E-state index is 11.4. The molecule has 2 atom stereocenters. The molecule has 0 aliphatic rings.